The van der Waals surface area contributed by atoms with Crippen LogP contribution in [0.3, 0.4) is 0 Å². The number of anilines is 1. The van der Waals surface area contributed by atoms with Crippen molar-refractivity contribution in [2.24, 2.45) is 0 Å². The summed E-state index contributed by atoms with van der Waals surface area (Å²) in [6.45, 7) is 2.53. The molecule has 0 aliphatic carbocycles. The largest absolute Gasteiger partial charge is 0.592 e. The average Bonchev–Trinajstić information content (AvgIpc) is 2.74. The number of hydrogen-bond acceptors (Lipinski definition) is 7. The summed E-state index contributed by atoms with van der Waals surface area (Å²) in [5, 5.41) is 2.54. The molecule has 0 spiro atoms. The topological polar surface area (TPSA) is 112 Å². The summed E-state index contributed by atoms with van der Waals surface area (Å²) >= 11 is -1.65. The number of nitrogens with zero attached hydrogens (tertiary/aromatic N) is 3. The van der Waals surface area contributed by atoms with Crippen molar-refractivity contribution in [1.82, 2.24) is 19.7 Å². The Morgan fingerprint density at radius 3 is 2.55 bits per heavy atom. The van der Waals surface area contributed by atoms with Gasteiger partial charge in [0.1, 0.15) is 5.56 Å². The molecule has 0 fully saturated rings. The quantitative estimate of drug-likeness (QED) is 0.310. The van der Waals surface area contributed by atoms with Crippen LogP contribution in [0, 0.1) is 19.8 Å². The van der Waals surface area contributed by atoms with Crippen molar-refractivity contribution < 1.29 is 31.6 Å². The zero-order valence-corrected chi connectivity index (χ0v) is 18.3. The molecule has 3 aromatic rings. The van der Waals surface area contributed by atoms with Crippen molar-refractivity contribution in [2.45, 2.75) is 25.0 Å². The molecule has 1 amide bonds. The van der Waals surface area contributed by atoms with Gasteiger partial charge >= 0.3 is 6.18 Å². The first-order valence-electron chi connectivity index (χ1n) is 9.25. The average molecular weight is 483 g/mol. The Morgan fingerprint density at radius 1 is 1.18 bits per heavy atom. The summed E-state index contributed by atoms with van der Waals surface area (Å²) in [5.41, 5.74) is -1.79. The summed E-state index contributed by atoms with van der Waals surface area (Å²) in [7, 11) is 1.44. The number of alkyl halides is 3. The van der Waals surface area contributed by atoms with Crippen molar-refractivity contribution in [2.75, 3.05) is 12.4 Å². The number of hydrogen-bond donors (Lipinski definition) is 2. The van der Waals surface area contributed by atoms with Gasteiger partial charge < -0.3 is 14.6 Å². The minimum absolute atomic E-state index is 0.00715. The Balaban J connectivity index is 2.04. The lowest BCUT2D eigenvalue weighted by Crippen LogP contribution is -2.21. The van der Waals surface area contributed by atoms with Crippen LogP contribution in [0.25, 0.3) is 0 Å². The third-order valence-corrected chi connectivity index (χ3v) is 5.39. The van der Waals surface area contributed by atoms with E-state index in [1.165, 1.54) is 38.4 Å². The molecule has 0 saturated heterocycles. The molecule has 3 rings (SSSR count). The number of halogens is 4. The smallest absolute Gasteiger partial charge is 0.418 e. The Kier molecular flexibility index (Phi) is 7.15. The molecule has 0 aliphatic rings. The number of amides is 1. The first-order valence-corrected chi connectivity index (χ1v) is 10.4. The van der Waals surface area contributed by atoms with E-state index in [1.807, 2.05) is 0 Å². The van der Waals surface area contributed by atoms with E-state index in [0.717, 1.165) is 13.0 Å². The van der Waals surface area contributed by atoms with E-state index >= 15 is 0 Å². The van der Waals surface area contributed by atoms with Crippen LogP contribution in [-0.4, -0.2) is 32.5 Å². The highest BCUT2D eigenvalue weighted by Gasteiger charge is 2.36. The van der Waals surface area contributed by atoms with Crippen LogP contribution < -0.4 is 14.8 Å². The number of aromatic nitrogens is 3. The van der Waals surface area contributed by atoms with Crippen molar-refractivity contribution in [3.63, 3.8) is 0 Å². The van der Waals surface area contributed by atoms with E-state index in [4.69, 9.17) is 4.74 Å². The number of carbonyl (C=O) groups is 1. The fourth-order valence-electron chi connectivity index (χ4n) is 2.83. The van der Waals surface area contributed by atoms with Crippen LogP contribution in [0.15, 0.2) is 41.7 Å². The molecule has 33 heavy (non-hydrogen) atoms. The number of pyridine rings is 3. The third kappa shape index (κ3) is 5.56. The van der Waals surface area contributed by atoms with Crippen LogP contribution >= 0.6 is 0 Å². The molecule has 13 heteroatoms. The van der Waals surface area contributed by atoms with Gasteiger partial charge in [0.05, 0.1) is 22.6 Å². The maximum Gasteiger partial charge on any atom is 0.418 e. The predicted molar refractivity (Wildman–Crippen MR) is 111 cm³/mol. The lowest BCUT2D eigenvalue weighted by Gasteiger charge is -2.17. The highest BCUT2D eigenvalue weighted by atomic mass is 32.2. The van der Waals surface area contributed by atoms with E-state index in [0.29, 0.717) is 6.20 Å². The van der Waals surface area contributed by atoms with E-state index in [2.05, 4.69) is 25.0 Å². The van der Waals surface area contributed by atoms with Crippen LogP contribution in [0.1, 0.15) is 27.2 Å². The zero-order valence-electron chi connectivity index (χ0n) is 17.5. The molecule has 8 nitrogen and oxygen atoms in total. The van der Waals surface area contributed by atoms with Gasteiger partial charge in [-0.1, -0.05) is 0 Å². The van der Waals surface area contributed by atoms with Crippen LogP contribution in [0.2, 0.25) is 0 Å². The Hall–Kier alpha value is -3.29. The van der Waals surface area contributed by atoms with Gasteiger partial charge in [0, 0.05) is 31.2 Å². The monoisotopic (exact) mass is 483 g/mol. The summed E-state index contributed by atoms with van der Waals surface area (Å²) < 4.78 is 73.6. The maximum atomic E-state index is 13.5. The summed E-state index contributed by atoms with van der Waals surface area (Å²) in [6, 6.07) is 4.89. The molecule has 3 heterocycles. The minimum Gasteiger partial charge on any atom is -0.592 e. The number of ether oxygens (including phenoxy) is 1. The highest BCUT2D eigenvalue weighted by Crippen LogP contribution is 2.36. The Morgan fingerprint density at radius 2 is 1.91 bits per heavy atom. The lowest BCUT2D eigenvalue weighted by molar-refractivity contribution is -0.138. The normalized spacial score (nSPS) is 12.4. The highest BCUT2D eigenvalue weighted by molar-refractivity contribution is 7.89. The molecular formula is C20H17F4N5O3S. The minimum atomic E-state index is -4.77. The first-order chi connectivity index (χ1) is 15.5. The van der Waals surface area contributed by atoms with Crippen LogP contribution in [0.4, 0.5) is 23.2 Å². The molecule has 3 aromatic heterocycles. The molecule has 174 valence electrons. The van der Waals surface area contributed by atoms with E-state index in [-0.39, 0.29) is 22.2 Å². The molecule has 0 aliphatic heterocycles. The number of rotatable bonds is 6. The fraction of sp³-hybridized carbons (Fsp3) is 0.200. The van der Waals surface area contributed by atoms with Crippen molar-refractivity contribution >= 4 is 23.0 Å². The molecule has 0 aromatic carbocycles. The van der Waals surface area contributed by atoms with Gasteiger partial charge in [-0.3, -0.25) is 4.79 Å². The lowest BCUT2D eigenvalue weighted by atomic mass is 10.0. The second-order valence-corrected chi connectivity index (χ2v) is 7.97. The van der Waals surface area contributed by atoms with Crippen LogP contribution in [0.5, 0.6) is 11.6 Å². The van der Waals surface area contributed by atoms with Gasteiger partial charge in [0.15, 0.2) is 5.75 Å². The first kappa shape index (κ1) is 24.4. The third-order valence-electron chi connectivity index (χ3n) is 4.41. The van der Waals surface area contributed by atoms with Gasteiger partial charge in [-0.05, 0) is 37.6 Å². The van der Waals surface area contributed by atoms with Gasteiger partial charge in [-0.15, -0.1) is 4.72 Å². The standard InChI is InChI=1S/C20H17F4N5O3S/c1-10-13(20(22,23)24)9-27-19(32-14-4-5-15(21)28-11(14)2)17(10)18(30)29-12-6-7-26-16(8-12)33(31)25-3/h4-9,25H,1-3H3,(H,26,29,30)/t33-/m0/s1. The fourth-order valence-corrected chi connectivity index (χ4v) is 3.43. The van der Waals surface area contributed by atoms with Crippen LogP contribution in [-0.2, 0) is 17.5 Å². The Labute approximate surface area is 188 Å². The molecule has 0 bridgehead atoms. The number of nitrogens with one attached hydrogen (secondary N) is 2. The van der Waals surface area contributed by atoms with E-state index in [9.17, 15) is 26.9 Å². The maximum absolute atomic E-state index is 13.5. The Bertz CT molecular complexity index is 1190. The zero-order chi connectivity index (χ0) is 24.3. The van der Waals surface area contributed by atoms with E-state index in [1.54, 1.807) is 0 Å². The second-order valence-electron chi connectivity index (χ2n) is 6.60. The SMILES string of the molecule is CN[S@@+]([O-])c1cc(NC(=O)c2c(Oc3ccc(F)nc3C)ncc(C(F)(F)F)c2C)ccn1. The second kappa shape index (κ2) is 9.68. The molecule has 1 atom stereocenters. The van der Waals surface area contributed by atoms with Crippen molar-refractivity contribution in [3.8, 4) is 11.6 Å². The molecule has 0 radical (unpaired) electrons. The predicted octanol–water partition coefficient (Wildman–Crippen LogP) is 3.93. The van der Waals surface area contributed by atoms with Gasteiger partial charge in [0.2, 0.25) is 11.8 Å². The number of carbonyl (C=O) groups excluding carboxylic acids is 1. The number of aryl methyl sites for hydroxylation is 1. The molecule has 0 unspecified atom stereocenters. The van der Waals surface area contributed by atoms with Crippen molar-refractivity contribution in [3.05, 3.63) is 65.0 Å². The van der Waals surface area contributed by atoms with Gasteiger partial charge in [0.25, 0.3) is 10.9 Å². The molecular weight excluding hydrogens is 466 g/mol. The summed E-state index contributed by atoms with van der Waals surface area (Å²) in [6.07, 6.45) is -2.94. The van der Waals surface area contributed by atoms with E-state index < -0.39 is 52.0 Å². The summed E-state index contributed by atoms with van der Waals surface area (Å²) in [4.78, 5) is 24.2. The summed E-state index contributed by atoms with van der Waals surface area (Å²) in [5.74, 6) is -2.15. The van der Waals surface area contributed by atoms with Crippen molar-refractivity contribution in [1.29, 1.82) is 0 Å². The van der Waals surface area contributed by atoms with Gasteiger partial charge in [-0.25, -0.2) is 15.0 Å². The molecule has 2 N–H and O–H groups in total. The van der Waals surface area contributed by atoms with Gasteiger partial charge in [-0.2, -0.15) is 17.6 Å². The molecule has 0 saturated carbocycles.